The lowest BCUT2D eigenvalue weighted by Gasteiger charge is -1.73. The topological polar surface area (TPSA) is 91.6 Å². The van der Waals surface area contributed by atoms with Crippen LogP contribution in [0.2, 0.25) is 0 Å². The Kier molecular flexibility index (Phi) is 3.07. The summed E-state index contributed by atoms with van der Waals surface area (Å²) in [5, 5.41) is 13.8. The molecule has 5 heteroatoms. The summed E-state index contributed by atoms with van der Waals surface area (Å²) in [6.07, 6.45) is 0. The second kappa shape index (κ2) is 3.74. The molecule has 42 valence electrons. The number of carbonyl (C=O) groups excluding carboxylic acids is 1. The van der Waals surface area contributed by atoms with E-state index in [1.165, 1.54) is 0 Å². The summed E-state index contributed by atoms with van der Waals surface area (Å²) < 4.78 is 0. The van der Waals surface area contributed by atoms with Crippen molar-refractivity contribution in [1.29, 1.82) is 5.26 Å². The second-order valence-electron chi connectivity index (χ2n) is 0.896. The molecular weight excluding hydrogens is 108 g/mol. The molecule has 0 radical (unpaired) electrons. The first-order chi connectivity index (χ1) is 3.77. The number of azo groups is 1. The highest BCUT2D eigenvalue weighted by atomic mass is 16.2. The van der Waals surface area contributed by atoms with Crippen molar-refractivity contribution in [2.24, 2.45) is 16.0 Å². The quantitative estimate of drug-likeness (QED) is 0.383. The van der Waals surface area contributed by atoms with Crippen molar-refractivity contribution in [3.8, 4) is 6.07 Å². The summed E-state index contributed by atoms with van der Waals surface area (Å²) in [5.41, 5.74) is 4.52. The molecule has 2 amide bonds. The van der Waals surface area contributed by atoms with Gasteiger partial charge in [0.1, 0.15) is 6.54 Å². The number of hydrogen-bond acceptors (Lipinski definition) is 3. The molecule has 0 bridgehead atoms. The van der Waals surface area contributed by atoms with Crippen molar-refractivity contribution in [3.63, 3.8) is 0 Å². The van der Waals surface area contributed by atoms with E-state index in [2.05, 4.69) is 16.0 Å². The van der Waals surface area contributed by atoms with Gasteiger partial charge in [-0.05, 0) is 0 Å². The van der Waals surface area contributed by atoms with Crippen molar-refractivity contribution in [1.82, 2.24) is 0 Å². The first kappa shape index (κ1) is 6.56. The minimum atomic E-state index is -0.875. The van der Waals surface area contributed by atoms with E-state index in [4.69, 9.17) is 5.26 Å². The summed E-state index contributed by atoms with van der Waals surface area (Å²) in [7, 11) is 0. The fourth-order valence-corrected chi connectivity index (χ4v) is 0.137. The highest BCUT2D eigenvalue weighted by molar-refractivity contribution is 5.71. The number of amides is 2. The Hall–Kier alpha value is -1.44. The summed E-state index contributed by atoms with van der Waals surface area (Å²) in [4.78, 5) is 9.73. The number of urea groups is 1. The van der Waals surface area contributed by atoms with Crippen LogP contribution < -0.4 is 5.73 Å². The zero-order valence-electron chi connectivity index (χ0n) is 4.03. The van der Waals surface area contributed by atoms with Gasteiger partial charge < -0.3 is 5.73 Å². The zero-order chi connectivity index (χ0) is 6.41. The Morgan fingerprint density at radius 3 is 2.88 bits per heavy atom. The summed E-state index contributed by atoms with van der Waals surface area (Å²) >= 11 is 0. The van der Waals surface area contributed by atoms with E-state index >= 15 is 0 Å². The molecule has 8 heavy (non-hydrogen) atoms. The minimum Gasteiger partial charge on any atom is -0.348 e. The lowest BCUT2D eigenvalue weighted by Crippen LogP contribution is -2.02. The van der Waals surface area contributed by atoms with Gasteiger partial charge in [0.2, 0.25) is 0 Å². The van der Waals surface area contributed by atoms with E-state index in [1.54, 1.807) is 6.07 Å². The van der Waals surface area contributed by atoms with Crippen LogP contribution in [0.5, 0.6) is 0 Å². The van der Waals surface area contributed by atoms with Gasteiger partial charge in [-0.15, -0.1) is 0 Å². The Morgan fingerprint density at radius 1 is 1.88 bits per heavy atom. The molecule has 0 unspecified atom stereocenters. The molecule has 2 N–H and O–H groups in total. The van der Waals surface area contributed by atoms with E-state index in [9.17, 15) is 4.79 Å². The van der Waals surface area contributed by atoms with Crippen molar-refractivity contribution in [2.75, 3.05) is 6.54 Å². The molecule has 0 heterocycles. The van der Waals surface area contributed by atoms with Gasteiger partial charge in [0.25, 0.3) is 0 Å². The van der Waals surface area contributed by atoms with Crippen molar-refractivity contribution >= 4 is 6.03 Å². The van der Waals surface area contributed by atoms with Gasteiger partial charge in [-0.1, -0.05) is 5.11 Å². The Labute approximate surface area is 45.8 Å². The smallest absolute Gasteiger partial charge is 0.348 e. The lowest BCUT2D eigenvalue weighted by molar-refractivity contribution is 0.255. The summed E-state index contributed by atoms with van der Waals surface area (Å²) in [6, 6.07) is 0.780. The van der Waals surface area contributed by atoms with Crippen molar-refractivity contribution in [3.05, 3.63) is 0 Å². The van der Waals surface area contributed by atoms with Gasteiger partial charge >= 0.3 is 6.03 Å². The fourth-order valence-electron chi connectivity index (χ4n) is 0.137. The van der Waals surface area contributed by atoms with Crippen LogP contribution in [0.3, 0.4) is 0 Å². The Morgan fingerprint density at radius 2 is 2.50 bits per heavy atom. The maximum atomic E-state index is 9.73. The normalized spacial score (nSPS) is 8.88. The van der Waals surface area contributed by atoms with Gasteiger partial charge in [0.15, 0.2) is 0 Å². The van der Waals surface area contributed by atoms with Gasteiger partial charge in [-0.25, -0.2) is 4.79 Å². The standard InChI is InChI=1S/C3H4N4O/c4-1-2-6-7-3(5)8/h2H2,(H2,5,8). The number of nitriles is 1. The van der Waals surface area contributed by atoms with Crippen LogP contribution in [0.4, 0.5) is 4.79 Å². The second-order valence-corrected chi connectivity index (χ2v) is 0.896. The van der Waals surface area contributed by atoms with E-state index in [-0.39, 0.29) is 6.54 Å². The molecule has 0 saturated carbocycles. The molecular formula is C3H4N4O. The average molecular weight is 112 g/mol. The molecule has 0 saturated heterocycles. The molecule has 0 spiro atoms. The van der Waals surface area contributed by atoms with E-state index < -0.39 is 6.03 Å². The largest absolute Gasteiger partial charge is 0.356 e. The third kappa shape index (κ3) is 4.56. The molecule has 0 aliphatic rings. The number of hydrogen-bond donors (Lipinski definition) is 1. The predicted octanol–water partition coefficient (Wildman–Crippen LogP) is 0.0409. The summed E-state index contributed by atoms with van der Waals surface area (Å²) in [5.74, 6) is 0. The van der Waals surface area contributed by atoms with Crippen molar-refractivity contribution < 1.29 is 4.79 Å². The third-order valence-corrected chi connectivity index (χ3v) is 0.311. The number of nitrogens with zero attached hydrogens (tertiary/aromatic N) is 3. The van der Waals surface area contributed by atoms with Gasteiger partial charge in [-0.3, -0.25) is 0 Å². The average Bonchev–Trinajstić information content (AvgIpc) is 1.66. The van der Waals surface area contributed by atoms with Crippen LogP contribution in [0.25, 0.3) is 0 Å². The lowest BCUT2D eigenvalue weighted by atomic mass is 10.8. The first-order valence-electron chi connectivity index (χ1n) is 1.81. The molecule has 0 rings (SSSR count). The number of primary amides is 1. The molecule has 5 nitrogen and oxygen atoms in total. The molecule has 0 aliphatic heterocycles. The van der Waals surface area contributed by atoms with Gasteiger partial charge in [0.05, 0.1) is 6.07 Å². The first-order valence-corrected chi connectivity index (χ1v) is 1.81. The zero-order valence-corrected chi connectivity index (χ0v) is 4.03. The third-order valence-electron chi connectivity index (χ3n) is 0.311. The number of carbonyl (C=O) groups is 1. The van der Waals surface area contributed by atoms with E-state index in [1.807, 2.05) is 0 Å². The number of nitrogens with two attached hydrogens (primary N) is 1. The number of rotatable bonds is 1. The van der Waals surface area contributed by atoms with Crippen LogP contribution in [-0.2, 0) is 0 Å². The predicted molar refractivity (Wildman–Crippen MR) is 24.9 cm³/mol. The van der Waals surface area contributed by atoms with Gasteiger partial charge in [0, 0.05) is 0 Å². The van der Waals surface area contributed by atoms with Gasteiger partial charge in [-0.2, -0.15) is 10.4 Å². The van der Waals surface area contributed by atoms with Crippen LogP contribution in [0.15, 0.2) is 10.2 Å². The molecule has 0 aliphatic carbocycles. The summed E-state index contributed by atoms with van der Waals surface area (Å²) in [6.45, 7) is -0.122. The monoisotopic (exact) mass is 112 g/mol. The van der Waals surface area contributed by atoms with Crippen LogP contribution in [0, 0.1) is 11.3 Å². The van der Waals surface area contributed by atoms with Crippen LogP contribution in [0.1, 0.15) is 0 Å². The minimum absolute atomic E-state index is 0.122. The maximum absolute atomic E-state index is 9.73. The van der Waals surface area contributed by atoms with Crippen molar-refractivity contribution in [2.45, 2.75) is 0 Å². The van der Waals surface area contributed by atoms with E-state index in [0.29, 0.717) is 0 Å². The Bertz CT molecular complexity index is 144. The van der Waals surface area contributed by atoms with E-state index in [0.717, 1.165) is 0 Å². The van der Waals surface area contributed by atoms with Crippen LogP contribution in [-0.4, -0.2) is 12.6 Å². The Balaban J connectivity index is 3.38. The molecule has 0 atom stereocenters. The molecule has 0 aromatic rings. The fraction of sp³-hybridized carbons (Fsp3) is 0.333. The highest BCUT2D eigenvalue weighted by Crippen LogP contribution is 1.71. The SMILES string of the molecule is N#CCN=NC(N)=O. The van der Waals surface area contributed by atoms with Crippen LogP contribution >= 0.6 is 0 Å². The molecule has 0 fully saturated rings. The maximum Gasteiger partial charge on any atom is 0.356 e. The molecule has 0 aromatic heterocycles. The molecule has 0 aromatic carbocycles. The highest BCUT2D eigenvalue weighted by Gasteiger charge is 1.80.